The maximum atomic E-state index is 10.4. The molecule has 0 amide bonds. The lowest BCUT2D eigenvalue weighted by atomic mass is 9.57. The molecule has 2 aliphatic carbocycles. The lowest BCUT2D eigenvalue weighted by Gasteiger charge is -2.55. The van der Waals surface area contributed by atoms with Gasteiger partial charge in [0, 0.05) is 30.5 Å². The van der Waals surface area contributed by atoms with Gasteiger partial charge < -0.3 is 15.2 Å². The van der Waals surface area contributed by atoms with Gasteiger partial charge in [-0.1, -0.05) is 26.7 Å². The molecule has 3 fully saturated rings. The number of ether oxygens (including phenoxy) is 1. The maximum absolute atomic E-state index is 10.4. The number of hydrogen-bond acceptors (Lipinski definition) is 3. The zero-order valence-electron chi connectivity index (χ0n) is 11.0. The molecule has 0 aromatic rings. The van der Waals surface area contributed by atoms with Crippen LogP contribution in [0.15, 0.2) is 0 Å². The summed E-state index contributed by atoms with van der Waals surface area (Å²) in [6.45, 7) is 6.26. The van der Waals surface area contributed by atoms with Gasteiger partial charge in [0.05, 0.1) is 11.7 Å². The zero-order chi connectivity index (χ0) is 12.1. The topological polar surface area (TPSA) is 41.5 Å². The van der Waals surface area contributed by atoms with Gasteiger partial charge >= 0.3 is 0 Å². The zero-order valence-corrected chi connectivity index (χ0v) is 11.0. The molecule has 1 saturated heterocycles. The predicted molar refractivity (Wildman–Crippen MR) is 66.8 cm³/mol. The third-order valence-corrected chi connectivity index (χ3v) is 5.29. The molecule has 3 unspecified atom stereocenters. The average Bonchev–Trinajstić information content (AvgIpc) is 2.86. The lowest BCUT2D eigenvalue weighted by molar-refractivity contribution is -0.117. The van der Waals surface area contributed by atoms with E-state index in [-0.39, 0.29) is 5.41 Å². The second-order valence-electron chi connectivity index (χ2n) is 6.86. The monoisotopic (exact) mass is 239 g/mol. The number of rotatable bonds is 3. The van der Waals surface area contributed by atoms with E-state index in [1.165, 1.54) is 19.3 Å². The maximum Gasteiger partial charge on any atom is 0.0771 e. The van der Waals surface area contributed by atoms with E-state index in [9.17, 15) is 5.11 Å². The van der Waals surface area contributed by atoms with Crippen molar-refractivity contribution < 1.29 is 9.84 Å². The molecule has 2 saturated carbocycles. The van der Waals surface area contributed by atoms with Gasteiger partial charge in [-0.3, -0.25) is 0 Å². The summed E-state index contributed by atoms with van der Waals surface area (Å²) >= 11 is 0. The second kappa shape index (κ2) is 3.94. The minimum atomic E-state index is -0.430. The Labute approximate surface area is 104 Å². The number of hydrogen-bond donors (Lipinski definition) is 2. The third kappa shape index (κ3) is 1.83. The summed E-state index contributed by atoms with van der Waals surface area (Å²) in [6.07, 6.45) is 5.93. The summed E-state index contributed by atoms with van der Waals surface area (Å²) in [5, 5.41) is 14.0. The number of nitrogens with one attached hydrogen (secondary N) is 1. The van der Waals surface area contributed by atoms with E-state index in [4.69, 9.17) is 4.74 Å². The van der Waals surface area contributed by atoms with Gasteiger partial charge in [-0.2, -0.15) is 0 Å². The summed E-state index contributed by atoms with van der Waals surface area (Å²) in [7, 11) is 0. The molecular weight excluding hydrogens is 214 g/mol. The minimum Gasteiger partial charge on any atom is -0.389 e. The molecule has 3 heteroatoms. The molecule has 98 valence electrons. The Balaban J connectivity index is 1.58. The summed E-state index contributed by atoms with van der Waals surface area (Å²) in [4.78, 5) is 0. The third-order valence-electron chi connectivity index (χ3n) is 5.29. The van der Waals surface area contributed by atoms with Crippen LogP contribution in [0, 0.1) is 11.3 Å². The van der Waals surface area contributed by atoms with E-state index in [0.717, 1.165) is 26.0 Å². The smallest absolute Gasteiger partial charge is 0.0771 e. The van der Waals surface area contributed by atoms with E-state index >= 15 is 0 Å². The average molecular weight is 239 g/mol. The minimum absolute atomic E-state index is 0.232. The molecule has 0 spiro atoms. The Morgan fingerprint density at radius 2 is 2.00 bits per heavy atom. The van der Waals surface area contributed by atoms with Crippen LogP contribution in [0.5, 0.6) is 0 Å². The number of aliphatic hydroxyl groups is 1. The first-order valence-electron chi connectivity index (χ1n) is 7.10. The summed E-state index contributed by atoms with van der Waals surface area (Å²) in [6, 6.07) is 0.527. The van der Waals surface area contributed by atoms with E-state index in [2.05, 4.69) is 19.2 Å². The van der Waals surface area contributed by atoms with Crippen LogP contribution in [0.4, 0.5) is 0 Å². The first-order valence-corrected chi connectivity index (χ1v) is 7.10. The summed E-state index contributed by atoms with van der Waals surface area (Å²) in [5.74, 6) is 0.676. The molecule has 17 heavy (non-hydrogen) atoms. The molecule has 0 aromatic heterocycles. The van der Waals surface area contributed by atoms with Crippen molar-refractivity contribution in [3.8, 4) is 0 Å². The Hall–Kier alpha value is -0.120. The Morgan fingerprint density at radius 3 is 2.71 bits per heavy atom. The van der Waals surface area contributed by atoms with Crippen LogP contribution in [0.25, 0.3) is 0 Å². The fraction of sp³-hybridized carbons (Fsp3) is 1.00. The number of fused-ring (bicyclic) bond motifs is 1. The molecular formula is C14H25NO2. The summed E-state index contributed by atoms with van der Waals surface area (Å²) < 4.78 is 5.79. The highest BCUT2D eigenvalue weighted by molar-refractivity contribution is 5.11. The van der Waals surface area contributed by atoms with Gasteiger partial charge in [-0.05, 0) is 19.3 Å². The van der Waals surface area contributed by atoms with E-state index in [0.29, 0.717) is 18.1 Å². The molecule has 2 N–H and O–H groups in total. The Bertz CT molecular complexity index is 297. The fourth-order valence-corrected chi connectivity index (χ4v) is 4.25. The van der Waals surface area contributed by atoms with Gasteiger partial charge in [-0.15, -0.1) is 0 Å². The van der Waals surface area contributed by atoms with Crippen molar-refractivity contribution in [2.75, 3.05) is 13.2 Å². The van der Waals surface area contributed by atoms with Gasteiger partial charge in [0.1, 0.15) is 0 Å². The van der Waals surface area contributed by atoms with Crippen LogP contribution >= 0.6 is 0 Å². The van der Waals surface area contributed by atoms with Crippen molar-refractivity contribution in [3.63, 3.8) is 0 Å². The predicted octanol–water partition coefficient (Wildman–Crippen LogP) is 1.69. The largest absolute Gasteiger partial charge is 0.389 e. The van der Waals surface area contributed by atoms with Crippen LogP contribution in [0.3, 0.4) is 0 Å². The van der Waals surface area contributed by atoms with Gasteiger partial charge in [0.2, 0.25) is 0 Å². The van der Waals surface area contributed by atoms with Crippen molar-refractivity contribution in [1.82, 2.24) is 5.32 Å². The van der Waals surface area contributed by atoms with Crippen molar-refractivity contribution in [3.05, 3.63) is 0 Å². The Morgan fingerprint density at radius 1 is 1.29 bits per heavy atom. The Kier molecular flexibility index (Phi) is 2.77. The van der Waals surface area contributed by atoms with Crippen molar-refractivity contribution in [2.24, 2.45) is 11.3 Å². The standard InChI is InChI=1S/C14H25NO2/c1-13(2)11(10-5-8-17-12(10)13)15-9-14(16)6-3-4-7-14/h10-12,15-16H,3-9H2,1-2H3. The van der Waals surface area contributed by atoms with E-state index < -0.39 is 5.60 Å². The lowest BCUT2D eigenvalue weighted by Crippen LogP contribution is -2.67. The first kappa shape index (κ1) is 11.9. The van der Waals surface area contributed by atoms with Crippen LogP contribution in [-0.2, 0) is 4.74 Å². The SMILES string of the molecule is CC1(C)C(NCC2(O)CCCC2)C2CCOC21. The highest BCUT2D eigenvalue weighted by Crippen LogP contribution is 2.52. The summed E-state index contributed by atoms with van der Waals surface area (Å²) in [5.41, 5.74) is -0.198. The molecule has 0 radical (unpaired) electrons. The second-order valence-corrected chi connectivity index (χ2v) is 6.86. The highest BCUT2D eigenvalue weighted by atomic mass is 16.5. The van der Waals surface area contributed by atoms with Gasteiger partial charge in [-0.25, -0.2) is 0 Å². The normalized spacial score (nSPS) is 42.2. The van der Waals surface area contributed by atoms with Gasteiger partial charge in [0.15, 0.2) is 0 Å². The molecule has 3 atom stereocenters. The van der Waals surface area contributed by atoms with Crippen molar-refractivity contribution in [1.29, 1.82) is 0 Å². The van der Waals surface area contributed by atoms with Crippen molar-refractivity contribution in [2.45, 2.75) is 63.7 Å². The molecule has 3 rings (SSSR count). The molecule has 1 aliphatic heterocycles. The molecule has 3 nitrogen and oxygen atoms in total. The molecule has 1 heterocycles. The van der Waals surface area contributed by atoms with Crippen LogP contribution in [0.2, 0.25) is 0 Å². The fourth-order valence-electron chi connectivity index (χ4n) is 4.25. The molecule has 0 bridgehead atoms. The quantitative estimate of drug-likeness (QED) is 0.787. The van der Waals surface area contributed by atoms with Crippen LogP contribution < -0.4 is 5.32 Å². The highest BCUT2D eigenvalue weighted by Gasteiger charge is 2.59. The molecule has 3 aliphatic rings. The van der Waals surface area contributed by atoms with E-state index in [1.807, 2.05) is 0 Å². The van der Waals surface area contributed by atoms with Gasteiger partial charge in [0.25, 0.3) is 0 Å². The van der Waals surface area contributed by atoms with E-state index in [1.54, 1.807) is 0 Å². The van der Waals surface area contributed by atoms with Crippen LogP contribution in [0.1, 0.15) is 46.0 Å². The first-order chi connectivity index (χ1) is 8.03. The van der Waals surface area contributed by atoms with Crippen LogP contribution in [-0.4, -0.2) is 36.0 Å². The van der Waals surface area contributed by atoms with Crippen molar-refractivity contribution >= 4 is 0 Å². The molecule has 0 aromatic carbocycles.